The molecular weight excluding hydrogens is 312 g/mol. The summed E-state index contributed by atoms with van der Waals surface area (Å²) in [7, 11) is -4.85. The first-order valence-electron chi connectivity index (χ1n) is 7.36. The molecule has 0 atom stereocenters. The van der Waals surface area contributed by atoms with E-state index in [2.05, 4.69) is 0 Å². The zero-order chi connectivity index (χ0) is 17.0. The molecule has 8 heteroatoms. The zero-order valence-electron chi connectivity index (χ0n) is 13.0. The Morgan fingerprint density at radius 2 is 1.45 bits per heavy atom. The van der Waals surface area contributed by atoms with Gasteiger partial charge in [0.15, 0.2) is 4.91 Å². The molecule has 0 fully saturated rings. The van der Waals surface area contributed by atoms with E-state index in [0.29, 0.717) is 18.9 Å². The minimum atomic E-state index is -4.85. The fraction of sp³-hybridized carbons (Fsp3) is 0.714. The van der Waals surface area contributed by atoms with Crippen LogP contribution in [0.1, 0.15) is 52.4 Å². The first kappa shape index (κ1) is 20.6. The molecule has 0 amide bonds. The average Bonchev–Trinajstić information content (AvgIpc) is 2.44. The standard InChI is InChI=1S/C14H24O7S/c1-3-5-7-9-20-13(15)11-12(22(17,18)19)14(16)21-10-8-6-4-2/h11H,3-10H2,1-2H3,(H,17,18,19)/b12-11+. The second-order valence-corrected chi connectivity index (χ2v) is 6.09. The highest BCUT2D eigenvalue weighted by molar-refractivity contribution is 7.90. The Labute approximate surface area is 131 Å². The second-order valence-electron chi connectivity index (χ2n) is 4.70. The number of hydrogen-bond donors (Lipinski definition) is 1. The van der Waals surface area contributed by atoms with Gasteiger partial charge in [-0.05, 0) is 12.8 Å². The highest BCUT2D eigenvalue weighted by Crippen LogP contribution is 2.09. The monoisotopic (exact) mass is 336 g/mol. The minimum absolute atomic E-state index is 0.0189. The van der Waals surface area contributed by atoms with Crippen LogP contribution in [0.15, 0.2) is 11.0 Å². The lowest BCUT2D eigenvalue weighted by Crippen LogP contribution is -2.18. The molecule has 0 bridgehead atoms. The van der Waals surface area contributed by atoms with E-state index in [4.69, 9.17) is 14.0 Å². The predicted octanol–water partition coefficient (Wildman–Crippen LogP) is 2.22. The first-order chi connectivity index (χ1) is 10.3. The molecule has 0 saturated carbocycles. The molecule has 0 rings (SSSR count). The molecular formula is C14H24O7S. The highest BCUT2D eigenvalue weighted by atomic mass is 32.2. The van der Waals surface area contributed by atoms with Gasteiger partial charge in [0.1, 0.15) is 0 Å². The van der Waals surface area contributed by atoms with Crippen molar-refractivity contribution in [1.82, 2.24) is 0 Å². The molecule has 128 valence electrons. The Balaban J connectivity index is 4.66. The van der Waals surface area contributed by atoms with Crippen molar-refractivity contribution >= 4 is 22.1 Å². The lowest BCUT2D eigenvalue weighted by molar-refractivity contribution is -0.141. The van der Waals surface area contributed by atoms with Crippen LogP contribution in [-0.2, 0) is 29.2 Å². The molecule has 0 spiro atoms. The summed E-state index contributed by atoms with van der Waals surface area (Å²) in [5, 5.41) is 0. The maximum absolute atomic E-state index is 11.6. The van der Waals surface area contributed by atoms with Crippen LogP contribution in [0.4, 0.5) is 0 Å². The second kappa shape index (κ2) is 11.2. The summed E-state index contributed by atoms with van der Waals surface area (Å²) in [6, 6.07) is 0. The molecule has 0 unspecified atom stereocenters. The Bertz CT molecular complexity index is 479. The SMILES string of the molecule is CCCCCOC(=O)/C=C(\C(=O)OCCCCC)S(=O)(=O)O. The van der Waals surface area contributed by atoms with E-state index >= 15 is 0 Å². The summed E-state index contributed by atoms with van der Waals surface area (Å²) in [5.41, 5.74) is 0. The largest absolute Gasteiger partial charge is 0.462 e. The fourth-order valence-electron chi connectivity index (χ4n) is 1.50. The normalized spacial score (nSPS) is 12.0. The van der Waals surface area contributed by atoms with Gasteiger partial charge in [0.05, 0.1) is 19.3 Å². The minimum Gasteiger partial charge on any atom is -0.462 e. The van der Waals surface area contributed by atoms with E-state index in [1.165, 1.54) is 0 Å². The van der Waals surface area contributed by atoms with Crippen LogP contribution in [-0.4, -0.2) is 38.1 Å². The highest BCUT2D eigenvalue weighted by Gasteiger charge is 2.26. The number of carbonyl (C=O) groups is 2. The van der Waals surface area contributed by atoms with Gasteiger partial charge in [-0.25, -0.2) is 9.59 Å². The van der Waals surface area contributed by atoms with Gasteiger partial charge in [0.25, 0.3) is 0 Å². The zero-order valence-corrected chi connectivity index (χ0v) is 13.9. The quantitative estimate of drug-likeness (QED) is 0.267. The molecule has 0 aromatic heterocycles. The van der Waals surface area contributed by atoms with Crippen molar-refractivity contribution in [3.63, 3.8) is 0 Å². The third kappa shape index (κ3) is 9.51. The van der Waals surface area contributed by atoms with E-state index < -0.39 is 27.0 Å². The van der Waals surface area contributed by atoms with E-state index in [-0.39, 0.29) is 13.2 Å². The maximum atomic E-state index is 11.6. The summed E-state index contributed by atoms with van der Waals surface area (Å²) in [5.74, 6) is -2.27. The number of ether oxygens (including phenoxy) is 2. The third-order valence-corrected chi connectivity index (χ3v) is 3.54. The predicted molar refractivity (Wildman–Crippen MR) is 80.6 cm³/mol. The average molecular weight is 336 g/mol. The smallest absolute Gasteiger partial charge is 0.352 e. The number of unbranched alkanes of at least 4 members (excludes halogenated alkanes) is 4. The van der Waals surface area contributed by atoms with Crippen LogP contribution >= 0.6 is 0 Å². The Hall–Kier alpha value is -1.41. The van der Waals surface area contributed by atoms with Crippen molar-refractivity contribution < 1.29 is 32.0 Å². The molecule has 0 aliphatic heterocycles. The van der Waals surface area contributed by atoms with Crippen LogP contribution in [0.3, 0.4) is 0 Å². The van der Waals surface area contributed by atoms with Crippen LogP contribution in [0.25, 0.3) is 0 Å². The third-order valence-electron chi connectivity index (χ3n) is 2.70. The Morgan fingerprint density at radius 3 is 1.91 bits per heavy atom. The number of esters is 2. The molecule has 22 heavy (non-hydrogen) atoms. The molecule has 7 nitrogen and oxygen atoms in total. The van der Waals surface area contributed by atoms with Gasteiger partial charge in [-0.1, -0.05) is 39.5 Å². The topological polar surface area (TPSA) is 107 Å². The van der Waals surface area contributed by atoms with Gasteiger partial charge in [-0.2, -0.15) is 8.42 Å². The first-order valence-corrected chi connectivity index (χ1v) is 8.80. The summed E-state index contributed by atoms with van der Waals surface area (Å²) in [6.45, 7) is 4.07. The Morgan fingerprint density at radius 1 is 0.955 bits per heavy atom. The van der Waals surface area contributed by atoms with Crippen molar-refractivity contribution in [2.45, 2.75) is 52.4 Å². The summed E-state index contributed by atoms with van der Waals surface area (Å²) >= 11 is 0. The van der Waals surface area contributed by atoms with E-state index in [1.54, 1.807) is 0 Å². The van der Waals surface area contributed by atoms with Crippen molar-refractivity contribution in [2.75, 3.05) is 13.2 Å². The molecule has 0 aromatic carbocycles. The summed E-state index contributed by atoms with van der Waals surface area (Å²) in [4.78, 5) is 22.0. The van der Waals surface area contributed by atoms with Gasteiger partial charge in [-0.3, -0.25) is 4.55 Å². The van der Waals surface area contributed by atoms with E-state index in [9.17, 15) is 18.0 Å². The summed E-state index contributed by atoms with van der Waals surface area (Å²) in [6.07, 6.45) is 5.18. The van der Waals surface area contributed by atoms with Crippen molar-refractivity contribution in [3.05, 3.63) is 11.0 Å². The molecule has 0 aliphatic rings. The van der Waals surface area contributed by atoms with Crippen LogP contribution < -0.4 is 0 Å². The van der Waals surface area contributed by atoms with Gasteiger partial charge < -0.3 is 9.47 Å². The summed E-state index contributed by atoms with van der Waals surface area (Å²) < 4.78 is 40.8. The lowest BCUT2D eigenvalue weighted by atomic mass is 10.3. The van der Waals surface area contributed by atoms with Crippen LogP contribution in [0, 0.1) is 0 Å². The van der Waals surface area contributed by atoms with Crippen molar-refractivity contribution in [1.29, 1.82) is 0 Å². The molecule has 0 radical (unpaired) electrons. The molecule has 0 saturated heterocycles. The van der Waals surface area contributed by atoms with Crippen molar-refractivity contribution in [2.24, 2.45) is 0 Å². The van der Waals surface area contributed by atoms with Gasteiger partial charge >= 0.3 is 22.1 Å². The van der Waals surface area contributed by atoms with Crippen molar-refractivity contribution in [3.8, 4) is 0 Å². The van der Waals surface area contributed by atoms with E-state index in [1.807, 2.05) is 13.8 Å². The Kier molecular flexibility index (Phi) is 10.5. The molecule has 0 aliphatic carbocycles. The molecule has 1 N–H and O–H groups in total. The number of carbonyl (C=O) groups excluding carboxylic acids is 2. The van der Waals surface area contributed by atoms with Gasteiger partial charge in [-0.15, -0.1) is 0 Å². The maximum Gasteiger partial charge on any atom is 0.352 e. The molecule has 0 heterocycles. The van der Waals surface area contributed by atoms with Gasteiger partial charge in [0.2, 0.25) is 0 Å². The van der Waals surface area contributed by atoms with Crippen LogP contribution in [0.5, 0.6) is 0 Å². The van der Waals surface area contributed by atoms with Crippen LogP contribution in [0.2, 0.25) is 0 Å². The van der Waals surface area contributed by atoms with E-state index in [0.717, 1.165) is 25.7 Å². The molecule has 0 aromatic rings. The van der Waals surface area contributed by atoms with Gasteiger partial charge in [0, 0.05) is 0 Å². The number of rotatable bonds is 11. The lowest BCUT2D eigenvalue weighted by Gasteiger charge is -2.06. The fourth-order valence-corrected chi connectivity index (χ4v) is 2.01. The number of hydrogen-bond acceptors (Lipinski definition) is 6.